The summed E-state index contributed by atoms with van der Waals surface area (Å²) in [7, 11) is -3.20. The summed E-state index contributed by atoms with van der Waals surface area (Å²) in [4.78, 5) is 4.30. The Bertz CT molecular complexity index is 610. The minimum atomic E-state index is -3.20. The fourth-order valence-corrected chi connectivity index (χ4v) is 2.96. The average Bonchev–Trinajstić information content (AvgIpc) is 2.38. The predicted molar refractivity (Wildman–Crippen MR) is 78.4 cm³/mol. The first kappa shape index (κ1) is 15.7. The molecule has 1 heterocycles. The number of pyridine rings is 1. The van der Waals surface area contributed by atoms with Crippen molar-refractivity contribution in [2.24, 2.45) is 0 Å². The Hall–Kier alpha value is -1.39. The van der Waals surface area contributed by atoms with E-state index in [9.17, 15) is 8.42 Å². The maximum atomic E-state index is 12.1. The van der Waals surface area contributed by atoms with Crippen LogP contribution in [0.2, 0.25) is 0 Å². The van der Waals surface area contributed by atoms with Crippen LogP contribution in [0.25, 0.3) is 0 Å². The highest BCUT2D eigenvalue weighted by Crippen LogP contribution is 2.13. The van der Waals surface area contributed by atoms with E-state index in [0.29, 0.717) is 11.3 Å². The molecule has 3 nitrogen and oxygen atoms in total. The van der Waals surface area contributed by atoms with E-state index in [1.165, 1.54) is 0 Å². The second-order valence-electron chi connectivity index (χ2n) is 4.24. The zero-order chi connectivity index (χ0) is 13.0. The molecule has 2 aromatic rings. The third kappa shape index (κ3) is 4.33. The molecule has 0 aliphatic heterocycles. The van der Waals surface area contributed by atoms with Crippen molar-refractivity contribution in [2.75, 3.05) is 5.75 Å². The van der Waals surface area contributed by atoms with Crippen LogP contribution in [0.5, 0.6) is 0 Å². The van der Waals surface area contributed by atoms with Crippen LogP contribution >= 0.6 is 12.4 Å². The fourth-order valence-electron chi connectivity index (χ4n) is 1.67. The van der Waals surface area contributed by atoms with Crippen LogP contribution in [0.3, 0.4) is 0 Å². The molecular weight excluding hydrogens is 282 g/mol. The van der Waals surface area contributed by atoms with Gasteiger partial charge in [0, 0.05) is 12.4 Å². The second kappa shape index (κ2) is 6.68. The summed E-state index contributed by atoms with van der Waals surface area (Å²) >= 11 is 0. The largest absolute Gasteiger partial charge is 0.265 e. The van der Waals surface area contributed by atoms with Crippen molar-refractivity contribution < 1.29 is 8.42 Å². The summed E-state index contributed by atoms with van der Waals surface area (Å²) < 4.78 is 24.2. The number of aromatic nitrogens is 1. The summed E-state index contributed by atoms with van der Waals surface area (Å²) in [6.45, 7) is 1.94. The van der Waals surface area contributed by atoms with E-state index in [0.717, 1.165) is 11.1 Å². The van der Waals surface area contributed by atoms with Gasteiger partial charge in [0.1, 0.15) is 0 Å². The van der Waals surface area contributed by atoms with E-state index in [1.54, 1.807) is 24.5 Å². The van der Waals surface area contributed by atoms with Gasteiger partial charge in [0.2, 0.25) is 0 Å². The molecule has 102 valence electrons. The number of rotatable bonds is 4. The lowest BCUT2D eigenvalue weighted by atomic mass is 10.2. The van der Waals surface area contributed by atoms with Gasteiger partial charge in [-0.2, -0.15) is 0 Å². The zero-order valence-corrected chi connectivity index (χ0v) is 12.2. The molecule has 0 aliphatic rings. The maximum absolute atomic E-state index is 12.1. The summed E-state index contributed by atoms with van der Waals surface area (Å²) in [6, 6.07) is 10.6. The lowest BCUT2D eigenvalue weighted by Gasteiger charge is -2.05. The Morgan fingerprint density at radius 2 is 1.58 bits per heavy atom. The van der Waals surface area contributed by atoms with E-state index in [2.05, 4.69) is 4.98 Å². The van der Waals surface area contributed by atoms with Gasteiger partial charge in [-0.3, -0.25) is 4.98 Å². The van der Waals surface area contributed by atoms with Crippen molar-refractivity contribution >= 4 is 22.2 Å². The van der Waals surface area contributed by atoms with E-state index < -0.39 is 9.84 Å². The molecule has 2 rings (SSSR count). The van der Waals surface area contributed by atoms with Crippen LogP contribution in [-0.2, 0) is 16.3 Å². The normalized spacial score (nSPS) is 10.8. The molecule has 1 aromatic carbocycles. The summed E-state index contributed by atoms with van der Waals surface area (Å²) in [5, 5.41) is 0. The van der Waals surface area contributed by atoms with Gasteiger partial charge >= 0.3 is 0 Å². The van der Waals surface area contributed by atoms with Crippen molar-refractivity contribution in [3.8, 4) is 0 Å². The highest BCUT2D eigenvalue weighted by Gasteiger charge is 2.13. The molecule has 0 radical (unpaired) electrons. The molecule has 0 fully saturated rings. The van der Waals surface area contributed by atoms with Gasteiger partial charge in [-0.15, -0.1) is 12.4 Å². The molecule has 0 saturated carbocycles. The fraction of sp³-hybridized carbons (Fsp3) is 0.214. The molecule has 0 bridgehead atoms. The highest BCUT2D eigenvalue weighted by atomic mass is 35.5. The smallest absolute Gasteiger partial charge is 0.178 e. The Balaban J connectivity index is 0.00000180. The van der Waals surface area contributed by atoms with Gasteiger partial charge < -0.3 is 0 Å². The number of nitrogens with zero attached hydrogens (tertiary/aromatic N) is 1. The van der Waals surface area contributed by atoms with Crippen molar-refractivity contribution in [1.29, 1.82) is 0 Å². The molecule has 0 amide bonds. The maximum Gasteiger partial charge on any atom is 0.178 e. The molecular formula is C14H16ClNO2S. The minimum absolute atomic E-state index is 0. The standard InChI is InChI=1S/C14H15NO2S.ClH/c1-12-2-4-14(5-3-12)18(16,17)11-8-13-6-9-15-10-7-13;/h2-7,9-10H,8,11H2,1H3;1H. The van der Waals surface area contributed by atoms with E-state index in [4.69, 9.17) is 0 Å². The number of aryl methyl sites for hydroxylation is 2. The highest BCUT2D eigenvalue weighted by molar-refractivity contribution is 7.91. The van der Waals surface area contributed by atoms with Crippen LogP contribution in [0.15, 0.2) is 53.7 Å². The van der Waals surface area contributed by atoms with Crippen molar-refractivity contribution in [1.82, 2.24) is 4.98 Å². The quantitative estimate of drug-likeness (QED) is 0.872. The van der Waals surface area contributed by atoms with E-state index in [-0.39, 0.29) is 18.2 Å². The zero-order valence-electron chi connectivity index (χ0n) is 10.6. The van der Waals surface area contributed by atoms with Crippen LogP contribution in [0.4, 0.5) is 0 Å². The van der Waals surface area contributed by atoms with Gasteiger partial charge in [0.15, 0.2) is 9.84 Å². The van der Waals surface area contributed by atoms with Crippen LogP contribution < -0.4 is 0 Å². The number of halogens is 1. The first-order valence-electron chi connectivity index (χ1n) is 5.76. The summed E-state index contributed by atoms with van der Waals surface area (Å²) in [6.07, 6.45) is 3.86. The molecule has 0 aliphatic carbocycles. The lowest BCUT2D eigenvalue weighted by Crippen LogP contribution is -2.09. The Kier molecular flexibility index (Phi) is 5.51. The van der Waals surface area contributed by atoms with Crippen molar-refractivity contribution in [2.45, 2.75) is 18.2 Å². The van der Waals surface area contributed by atoms with Gasteiger partial charge in [0.25, 0.3) is 0 Å². The topological polar surface area (TPSA) is 47.0 Å². The Labute approximate surface area is 120 Å². The summed E-state index contributed by atoms with van der Waals surface area (Å²) in [5.74, 6) is 0.125. The van der Waals surface area contributed by atoms with Crippen LogP contribution in [-0.4, -0.2) is 19.2 Å². The van der Waals surface area contributed by atoms with Gasteiger partial charge in [-0.25, -0.2) is 8.42 Å². The molecule has 0 N–H and O–H groups in total. The molecule has 19 heavy (non-hydrogen) atoms. The number of sulfone groups is 1. The molecule has 1 aromatic heterocycles. The Morgan fingerprint density at radius 1 is 1.00 bits per heavy atom. The molecule has 5 heteroatoms. The molecule has 0 saturated heterocycles. The van der Waals surface area contributed by atoms with E-state index >= 15 is 0 Å². The van der Waals surface area contributed by atoms with Gasteiger partial charge in [-0.05, 0) is 43.2 Å². The van der Waals surface area contributed by atoms with Crippen molar-refractivity contribution in [3.05, 3.63) is 59.9 Å². The first-order chi connectivity index (χ1) is 8.58. The number of hydrogen-bond acceptors (Lipinski definition) is 3. The van der Waals surface area contributed by atoms with Crippen LogP contribution in [0, 0.1) is 6.92 Å². The summed E-state index contributed by atoms with van der Waals surface area (Å²) in [5.41, 5.74) is 2.05. The Morgan fingerprint density at radius 3 is 2.16 bits per heavy atom. The molecule has 0 spiro atoms. The first-order valence-corrected chi connectivity index (χ1v) is 7.41. The van der Waals surface area contributed by atoms with Gasteiger partial charge in [0.05, 0.1) is 10.6 Å². The van der Waals surface area contributed by atoms with E-state index in [1.807, 2.05) is 31.2 Å². The number of hydrogen-bond donors (Lipinski definition) is 0. The monoisotopic (exact) mass is 297 g/mol. The van der Waals surface area contributed by atoms with Gasteiger partial charge in [-0.1, -0.05) is 17.7 Å². The molecule has 0 atom stereocenters. The second-order valence-corrected chi connectivity index (χ2v) is 6.35. The third-order valence-electron chi connectivity index (χ3n) is 2.79. The SMILES string of the molecule is Cc1ccc(S(=O)(=O)CCc2ccncc2)cc1.Cl. The lowest BCUT2D eigenvalue weighted by molar-refractivity contribution is 0.595. The van der Waals surface area contributed by atoms with Crippen LogP contribution in [0.1, 0.15) is 11.1 Å². The average molecular weight is 298 g/mol. The van der Waals surface area contributed by atoms with Crippen molar-refractivity contribution in [3.63, 3.8) is 0 Å². The molecule has 0 unspecified atom stereocenters. The minimum Gasteiger partial charge on any atom is -0.265 e. The predicted octanol–water partition coefficient (Wildman–Crippen LogP) is 2.83. The number of benzene rings is 1. The third-order valence-corrected chi connectivity index (χ3v) is 4.52.